The first-order chi connectivity index (χ1) is 11.9. The van der Waals surface area contributed by atoms with Gasteiger partial charge in [-0.1, -0.05) is 36.8 Å². The van der Waals surface area contributed by atoms with E-state index in [1.807, 2.05) is 30.0 Å². The van der Waals surface area contributed by atoms with E-state index in [2.05, 4.69) is 18.3 Å². The molecule has 136 valence electrons. The number of hydrogen-bond acceptors (Lipinski definition) is 3. The van der Waals surface area contributed by atoms with Gasteiger partial charge in [-0.05, 0) is 19.4 Å². The van der Waals surface area contributed by atoms with Gasteiger partial charge in [0.05, 0.1) is 13.2 Å². The van der Waals surface area contributed by atoms with Crippen molar-refractivity contribution >= 4 is 11.9 Å². The molecule has 1 aromatic carbocycles. The zero-order valence-corrected chi connectivity index (χ0v) is 15.2. The van der Waals surface area contributed by atoms with Gasteiger partial charge in [0.1, 0.15) is 6.04 Å². The predicted octanol–water partition coefficient (Wildman–Crippen LogP) is 1.77. The second kappa shape index (κ2) is 7.04. The van der Waals surface area contributed by atoms with Gasteiger partial charge in [0, 0.05) is 31.6 Å². The van der Waals surface area contributed by atoms with E-state index in [1.165, 1.54) is 5.56 Å². The van der Waals surface area contributed by atoms with E-state index in [-0.39, 0.29) is 17.4 Å². The normalized spacial score (nSPS) is 22.5. The molecule has 3 amide bonds. The van der Waals surface area contributed by atoms with Crippen molar-refractivity contribution in [2.24, 2.45) is 5.41 Å². The molecule has 2 fully saturated rings. The molecule has 6 nitrogen and oxygen atoms in total. The molecule has 0 aliphatic carbocycles. The Balaban J connectivity index is 1.56. The number of carbonyl (C=O) groups excluding carboxylic acids is 2. The molecule has 0 aromatic heterocycles. The number of benzene rings is 1. The van der Waals surface area contributed by atoms with E-state index >= 15 is 0 Å². The van der Waals surface area contributed by atoms with Crippen molar-refractivity contribution in [2.75, 3.05) is 32.8 Å². The van der Waals surface area contributed by atoms with Crippen molar-refractivity contribution < 1.29 is 14.3 Å². The highest BCUT2D eigenvalue weighted by molar-refractivity contribution is 5.88. The largest absolute Gasteiger partial charge is 0.380 e. The lowest BCUT2D eigenvalue weighted by Crippen LogP contribution is -2.60. The summed E-state index contributed by atoms with van der Waals surface area (Å²) in [6.07, 6.45) is 0. The van der Waals surface area contributed by atoms with Gasteiger partial charge in [0.15, 0.2) is 0 Å². The number of rotatable bonds is 4. The summed E-state index contributed by atoms with van der Waals surface area (Å²) in [4.78, 5) is 28.6. The molecule has 1 aromatic rings. The second-order valence-corrected chi connectivity index (χ2v) is 7.58. The van der Waals surface area contributed by atoms with Crippen LogP contribution >= 0.6 is 0 Å². The standard InChI is InChI=1S/C19H27N3O3/c1-14-5-4-6-16(9-14)10-21-7-8-22(15(2)17(21)23)18(24)20-11-19(3)12-25-13-19/h4-6,9,15H,7-8,10-13H2,1-3H3,(H,20,24)/t15-/m0/s1. The summed E-state index contributed by atoms with van der Waals surface area (Å²) in [7, 11) is 0. The number of amides is 3. The van der Waals surface area contributed by atoms with Crippen LogP contribution in [-0.2, 0) is 16.1 Å². The molecule has 0 saturated carbocycles. The molecule has 1 atom stereocenters. The van der Waals surface area contributed by atoms with Crippen LogP contribution in [0, 0.1) is 12.3 Å². The summed E-state index contributed by atoms with van der Waals surface area (Å²) in [6.45, 7) is 9.57. The topological polar surface area (TPSA) is 61.9 Å². The summed E-state index contributed by atoms with van der Waals surface area (Å²) < 4.78 is 5.21. The Morgan fingerprint density at radius 1 is 1.36 bits per heavy atom. The molecule has 0 unspecified atom stereocenters. The molecule has 0 bridgehead atoms. The average Bonchev–Trinajstić information content (AvgIpc) is 2.55. The number of piperazine rings is 1. The summed E-state index contributed by atoms with van der Waals surface area (Å²) in [6, 6.07) is 7.58. The molecular formula is C19H27N3O3. The van der Waals surface area contributed by atoms with Crippen molar-refractivity contribution in [3.63, 3.8) is 0 Å². The number of ether oxygens (including phenoxy) is 1. The second-order valence-electron chi connectivity index (χ2n) is 7.58. The van der Waals surface area contributed by atoms with E-state index in [9.17, 15) is 9.59 Å². The Morgan fingerprint density at radius 3 is 2.76 bits per heavy atom. The first-order valence-corrected chi connectivity index (χ1v) is 8.84. The lowest BCUT2D eigenvalue weighted by atomic mass is 9.89. The molecule has 0 spiro atoms. The van der Waals surface area contributed by atoms with Gasteiger partial charge < -0.3 is 19.9 Å². The predicted molar refractivity (Wildman–Crippen MR) is 95.1 cm³/mol. The number of aryl methyl sites for hydroxylation is 1. The zero-order chi connectivity index (χ0) is 18.0. The molecule has 25 heavy (non-hydrogen) atoms. The third-order valence-corrected chi connectivity index (χ3v) is 5.03. The van der Waals surface area contributed by atoms with Crippen LogP contribution in [0.2, 0.25) is 0 Å². The van der Waals surface area contributed by atoms with Gasteiger partial charge in [-0.25, -0.2) is 4.79 Å². The molecule has 2 aliphatic heterocycles. The van der Waals surface area contributed by atoms with Crippen molar-refractivity contribution in [3.05, 3.63) is 35.4 Å². The van der Waals surface area contributed by atoms with E-state index in [4.69, 9.17) is 4.74 Å². The number of nitrogens with zero attached hydrogens (tertiary/aromatic N) is 2. The highest BCUT2D eigenvalue weighted by atomic mass is 16.5. The van der Waals surface area contributed by atoms with E-state index in [0.717, 1.165) is 5.56 Å². The average molecular weight is 345 g/mol. The minimum Gasteiger partial charge on any atom is -0.380 e. The number of carbonyl (C=O) groups is 2. The third-order valence-electron chi connectivity index (χ3n) is 5.03. The maximum absolute atomic E-state index is 12.7. The van der Waals surface area contributed by atoms with Crippen LogP contribution in [0.5, 0.6) is 0 Å². The smallest absolute Gasteiger partial charge is 0.318 e. The van der Waals surface area contributed by atoms with E-state index in [1.54, 1.807) is 11.8 Å². The van der Waals surface area contributed by atoms with Crippen LogP contribution in [-0.4, -0.2) is 60.6 Å². The third kappa shape index (κ3) is 3.95. The van der Waals surface area contributed by atoms with Crippen molar-refractivity contribution in [1.29, 1.82) is 0 Å². The van der Waals surface area contributed by atoms with Crippen molar-refractivity contribution in [2.45, 2.75) is 33.4 Å². The first-order valence-electron chi connectivity index (χ1n) is 8.84. The molecule has 6 heteroatoms. The van der Waals surface area contributed by atoms with E-state index in [0.29, 0.717) is 39.4 Å². The molecular weight excluding hydrogens is 318 g/mol. The number of hydrogen-bond donors (Lipinski definition) is 1. The van der Waals surface area contributed by atoms with Crippen LogP contribution < -0.4 is 5.32 Å². The fourth-order valence-corrected chi connectivity index (χ4v) is 3.34. The van der Waals surface area contributed by atoms with Crippen molar-refractivity contribution in [3.8, 4) is 0 Å². The number of urea groups is 1. The highest BCUT2D eigenvalue weighted by Crippen LogP contribution is 2.25. The van der Waals surface area contributed by atoms with Gasteiger partial charge in [-0.2, -0.15) is 0 Å². The van der Waals surface area contributed by atoms with Gasteiger partial charge in [-0.3, -0.25) is 4.79 Å². The van der Waals surface area contributed by atoms with Crippen LogP contribution in [0.3, 0.4) is 0 Å². The van der Waals surface area contributed by atoms with Crippen LogP contribution in [0.1, 0.15) is 25.0 Å². The Hall–Kier alpha value is -2.08. The summed E-state index contributed by atoms with van der Waals surface area (Å²) >= 11 is 0. The first kappa shape index (κ1) is 17.7. The fourth-order valence-electron chi connectivity index (χ4n) is 3.34. The van der Waals surface area contributed by atoms with Crippen LogP contribution in [0.15, 0.2) is 24.3 Å². The van der Waals surface area contributed by atoms with Gasteiger partial charge in [-0.15, -0.1) is 0 Å². The molecule has 2 heterocycles. The Bertz CT molecular complexity index is 657. The monoisotopic (exact) mass is 345 g/mol. The lowest BCUT2D eigenvalue weighted by molar-refractivity contribution is -0.140. The van der Waals surface area contributed by atoms with Crippen LogP contribution in [0.25, 0.3) is 0 Å². The van der Waals surface area contributed by atoms with E-state index < -0.39 is 6.04 Å². The van der Waals surface area contributed by atoms with Crippen LogP contribution in [0.4, 0.5) is 4.79 Å². The molecule has 3 rings (SSSR count). The summed E-state index contributed by atoms with van der Waals surface area (Å²) in [5.41, 5.74) is 2.33. The SMILES string of the molecule is Cc1cccc(CN2CCN(C(=O)NCC3(C)COC3)[C@@H](C)C2=O)c1. The minimum atomic E-state index is -0.441. The fraction of sp³-hybridized carbons (Fsp3) is 0.579. The molecule has 1 N–H and O–H groups in total. The minimum absolute atomic E-state index is 0.00101. The van der Waals surface area contributed by atoms with Gasteiger partial charge in [0.25, 0.3) is 0 Å². The van der Waals surface area contributed by atoms with Gasteiger partial charge in [0.2, 0.25) is 5.91 Å². The van der Waals surface area contributed by atoms with Crippen molar-refractivity contribution in [1.82, 2.24) is 15.1 Å². The summed E-state index contributed by atoms with van der Waals surface area (Å²) in [5, 5.41) is 2.95. The summed E-state index contributed by atoms with van der Waals surface area (Å²) in [5.74, 6) is 0.00101. The molecule has 2 aliphatic rings. The highest BCUT2D eigenvalue weighted by Gasteiger charge is 2.37. The number of nitrogens with one attached hydrogen (secondary N) is 1. The Kier molecular flexibility index (Phi) is 4.99. The maximum atomic E-state index is 12.7. The Labute approximate surface area is 149 Å². The van der Waals surface area contributed by atoms with Gasteiger partial charge >= 0.3 is 6.03 Å². The maximum Gasteiger partial charge on any atom is 0.318 e. The lowest BCUT2D eigenvalue weighted by Gasteiger charge is -2.41. The molecule has 0 radical (unpaired) electrons. The zero-order valence-electron chi connectivity index (χ0n) is 15.2. The molecule has 2 saturated heterocycles. The Morgan fingerprint density at radius 2 is 2.12 bits per heavy atom. The quantitative estimate of drug-likeness (QED) is 0.905.